The number of nitrogens with zero attached hydrogens (tertiary/aromatic N) is 4. The van der Waals surface area contributed by atoms with Gasteiger partial charge < -0.3 is 19.9 Å². The van der Waals surface area contributed by atoms with E-state index in [9.17, 15) is 4.39 Å². The van der Waals surface area contributed by atoms with Gasteiger partial charge >= 0.3 is 0 Å². The number of hydrogen-bond acceptors (Lipinski definition) is 6. The number of nitrogens with one attached hydrogen (secondary N) is 1. The predicted octanol–water partition coefficient (Wildman–Crippen LogP) is 4.17. The maximum absolute atomic E-state index is 13.4. The summed E-state index contributed by atoms with van der Waals surface area (Å²) in [5.41, 5.74) is 2.36. The highest BCUT2D eigenvalue weighted by atomic mass is 35.5. The van der Waals surface area contributed by atoms with Crippen molar-refractivity contribution in [3.05, 3.63) is 47.5 Å². The van der Waals surface area contributed by atoms with Crippen LogP contribution in [0.25, 0.3) is 10.9 Å². The van der Waals surface area contributed by atoms with Gasteiger partial charge in [0.1, 0.15) is 23.7 Å². The van der Waals surface area contributed by atoms with Gasteiger partial charge in [0, 0.05) is 31.2 Å². The summed E-state index contributed by atoms with van der Waals surface area (Å²) in [7, 11) is 7.74. The Hall–Kier alpha value is -2.64. The molecule has 0 spiro atoms. The zero-order chi connectivity index (χ0) is 20.3. The average Bonchev–Trinajstić information content (AvgIpc) is 2.68. The van der Waals surface area contributed by atoms with Crippen molar-refractivity contribution in [1.29, 1.82) is 0 Å². The van der Waals surface area contributed by atoms with Gasteiger partial charge in [-0.05, 0) is 44.4 Å². The molecule has 28 heavy (non-hydrogen) atoms. The lowest BCUT2D eigenvalue weighted by Crippen LogP contribution is -2.28. The minimum Gasteiger partial charge on any atom is -0.495 e. The zero-order valence-corrected chi connectivity index (χ0v) is 17.1. The van der Waals surface area contributed by atoms with E-state index >= 15 is 0 Å². The fraction of sp³-hybridized carbons (Fsp3) is 0.300. The van der Waals surface area contributed by atoms with E-state index in [1.807, 2.05) is 33.3 Å². The van der Waals surface area contributed by atoms with Crippen molar-refractivity contribution >= 4 is 39.7 Å². The highest BCUT2D eigenvalue weighted by Gasteiger charge is 2.14. The van der Waals surface area contributed by atoms with E-state index < -0.39 is 5.82 Å². The average molecular weight is 404 g/mol. The molecular formula is C20H23ClFN5O. The second kappa shape index (κ2) is 8.58. The van der Waals surface area contributed by atoms with Crippen LogP contribution >= 0.6 is 11.6 Å². The molecule has 8 heteroatoms. The Morgan fingerprint density at radius 1 is 1.11 bits per heavy atom. The molecule has 3 aromatic rings. The first-order valence-electron chi connectivity index (χ1n) is 8.79. The minimum atomic E-state index is -0.466. The first-order valence-corrected chi connectivity index (χ1v) is 9.17. The van der Waals surface area contributed by atoms with Crippen molar-refractivity contribution in [3.8, 4) is 5.75 Å². The van der Waals surface area contributed by atoms with E-state index in [1.54, 1.807) is 13.2 Å². The topological polar surface area (TPSA) is 53.5 Å². The van der Waals surface area contributed by atoms with E-state index in [0.29, 0.717) is 11.5 Å². The van der Waals surface area contributed by atoms with Gasteiger partial charge in [-0.25, -0.2) is 14.4 Å². The van der Waals surface area contributed by atoms with Crippen LogP contribution in [0.1, 0.15) is 0 Å². The van der Waals surface area contributed by atoms with Crippen LogP contribution in [0.2, 0.25) is 5.02 Å². The van der Waals surface area contributed by atoms with Crippen molar-refractivity contribution in [1.82, 2.24) is 14.9 Å². The summed E-state index contributed by atoms with van der Waals surface area (Å²) in [4.78, 5) is 13.0. The highest BCUT2D eigenvalue weighted by Crippen LogP contribution is 2.35. The third-order valence-electron chi connectivity index (χ3n) is 4.41. The Bertz CT molecular complexity index is 982. The summed E-state index contributed by atoms with van der Waals surface area (Å²) in [6.07, 6.45) is 1.49. The van der Waals surface area contributed by atoms with Crippen LogP contribution in [0.3, 0.4) is 0 Å². The Morgan fingerprint density at radius 2 is 1.89 bits per heavy atom. The summed E-state index contributed by atoms with van der Waals surface area (Å²) in [5.74, 6) is 0.851. The number of likely N-dealkylation sites (N-methyl/N-ethyl adjacent to an activating group) is 2. The number of rotatable bonds is 7. The van der Waals surface area contributed by atoms with Crippen LogP contribution in [0.4, 0.5) is 21.6 Å². The molecule has 148 valence electrons. The van der Waals surface area contributed by atoms with Gasteiger partial charge in [-0.3, -0.25) is 0 Å². The second-order valence-corrected chi connectivity index (χ2v) is 7.15. The van der Waals surface area contributed by atoms with E-state index in [1.165, 1.54) is 18.5 Å². The van der Waals surface area contributed by atoms with Crippen molar-refractivity contribution in [2.24, 2.45) is 0 Å². The maximum Gasteiger partial charge on any atom is 0.143 e. The van der Waals surface area contributed by atoms with Crippen LogP contribution in [-0.4, -0.2) is 56.2 Å². The Balaban J connectivity index is 1.98. The van der Waals surface area contributed by atoms with Crippen LogP contribution in [-0.2, 0) is 0 Å². The molecule has 0 radical (unpaired) electrons. The molecule has 2 aromatic carbocycles. The molecule has 0 atom stereocenters. The van der Waals surface area contributed by atoms with Crippen molar-refractivity contribution in [3.63, 3.8) is 0 Å². The molecule has 0 aliphatic carbocycles. The second-order valence-electron chi connectivity index (χ2n) is 6.74. The molecule has 0 bridgehead atoms. The van der Waals surface area contributed by atoms with E-state index in [2.05, 4.69) is 25.1 Å². The third-order valence-corrected chi connectivity index (χ3v) is 4.70. The zero-order valence-electron chi connectivity index (χ0n) is 16.3. The van der Waals surface area contributed by atoms with Gasteiger partial charge in [-0.15, -0.1) is 0 Å². The lowest BCUT2D eigenvalue weighted by atomic mass is 10.1. The minimum absolute atomic E-state index is 0.0470. The first kappa shape index (κ1) is 20.1. The van der Waals surface area contributed by atoms with Gasteiger partial charge in [0.15, 0.2) is 0 Å². The van der Waals surface area contributed by atoms with Gasteiger partial charge in [-0.2, -0.15) is 0 Å². The highest BCUT2D eigenvalue weighted by molar-refractivity contribution is 6.31. The predicted molar refractivity (Wildman–Crippen MR) is 113 cm³/mol. The number of benzene rings is 2. The Kier molecular flexibility index (Phi) is 6.16. The van der Waals surface area contributed by atoms with Gasteiger partial charge in [0.25, 0.3) is 0 Å². The molecule has 1 N–H and O–H groups in total. The quantitative estimate of drug-likeness (QED) is 0.639. The standard InChI is InChI=1S/C20H23ClFN5O/c1-26(2)7-8-27(3)18-11-17-14(10-19(18)28-4)20(24-12-23-17)25-13-5-6-16(22)15(21)9-13/h5-6,9-12H,7-8H2,1-4H3,(H,23,24,25). The monoisotopic (exact) mass is 403 g/mol. The van der Waals surface area contributed by atoms with E-state index in [4.69, 9.17) is 16.3 Å². The van der Waals surface area contributed by atoms with Crippen LogP contribution in [0.15, 0.2) is 36.7 Å². The van der Waals surface area contributed by atoms with E-state index in [-0.39, 0.29) is 5.02 Å². The molecule has 0 aliphatic heterocycles. The van der Waals surface area contributed by atoms with Crippen molar-refractivity contribution in [2.45, 2.75) is 0 Å². The molecule has 0 saturated heterocycles. The number of fused-ring (bicyclic) bond motifs is 1. The molecule has 0 amide bonds. The lowest BCUT2D eigenvalue weighted by molar-refractivity contribution is 0.406. The molecule has 0 aliphatic rings. The summed E-state index contributed by atoms with van der Waals surface area (Å²) in [6, 6.07) is 8.33. The van der Waals surface area contributed by atoms with Gasteiger partial charge in [0.2, 0.25) is 0 Å². The SMILES string of the molecule is COc1cc2c(Nc3ccc(F)c(Cl)c3)ncnc2cc1N(C)CCN(C)C. The molecule has 6 nitrogen and oxygen atoms in total. The van der Waals surface area contributed by atoms with Crippen LogP contribution < -0.4 is 15.0 Å². The molecule has 3 rings (SSSR count). The number of anilines is 3. The number of ether oxygens (including phenoxy) is 1. The molecule has 0 fully saturated rings. The molecule has 1 aromatic heterocycles. The summed E-state index contributed by atoms with van der Waals surface area (Å²) in [5, 5.41) is 4.02. The number of halogens is 2. The van der Waals surface area contributed by atoms with Crippen molar-refractivity contribution < 1.29 is 9.13 Å². The largest absolute Gasteiger partial charge is 0.495 e. The molecule has 1 heterocycles. The van der Waals surface area contributed by atoms with Crippen molar-refractivity contribution in [2.75, 3.05) is 51.6 Å². The van der Waals surface area contributed by atoms with Crippen LogP contribution in [0.5, 0.6) is 5.75 Å². The number of methoxy groups -OCH3 is 1. The maximum atomic E-state index is 13.4. The molecule has 0 saturated carbocycles. The fourth-order valence-electron chi connectivity index (χ4n) is 2.81. The fourth-order valence-corrected chi connectivity index (χ4v) is 3.00. The third kappa shape index (κ3) is 4.43. The smallest absolute Gasteiger partial charge is 0.143 e. The summed E-state index contributed by atoms with van der Waals surface area (Å²) in [6.45, 7) is 1.76. The number of aromatic nitrogens is 2. The normalized spacial score (nSPS) is 11.1. The molecular weight excluding hydrogens is 381 g/mol. The van der Waals surface area contributed by atoms with Gasteiger partial charge in [0.05, 0.1) is 23.3 Å². The Labute approximate surface area is 168 Å². The Morgan fingerprint density at radius 3 is 2.57 bits per heavy atom. The lowest BCUT2D eigenvalue weighted by Gasteiger charge is -2.24. The molecule has 0 unspecified atom stereocenters. The first-order chi connectivity index (χ1) is 13.4. The summed E-state index contributed by atoms with van der Waals surface area (Å²) >= 11 is 5.88. The number of hydrogen-bond donors (Lipinski definition) is 1. The van der Waals surface area contributed by atoms with Crippen LogP contribution in [0, 0.1) is 5.82 Å². The van der Waals surface area contributed by atoms with E-state index in [0.717, 1.165) is 35.4 Å². The summed E-state index contributed by atoms with van der Waals surface area (Å²) < 4.78 is 19.0. The van der Waals surface area contributed by atoms with Gasteiger partial charge in [-0.1, -0.05) is 11.6 Å².